The molecular weight excluding hydrogens is 118 g/mol. The van der Waals surface area contributed by atoms with Crippen LogP contribution in [0, 0.1) is 0 Å². The van der Waals surface area contributed by atoms with Crippen LogP contribution in [0.4, 0.5) is 0 Å². The minimum absolute atomic E-state index is 0.273. The van der Waals surface area contributed by atoms with Gasteiger partial charge in [0.25, 0.3) is 0 Å². The molecule has 0 spiro atoms. The van der Waals surface area contributed by atoms with Crippen LogP contribution in [0.25, 0.3) is 0 Å². The van der Waals surface area contributed by atoms with Gasteiger partial charge in [-0.3, -0.25) is 11.7 Å². The Hall–Kier alpha value is -0.160. The first-order chi connectivity index (χ1) is 4.31. The Morgan fingerprint density at radius 3 is 2.00 bits per heavy atom. The molecule has 0 aliphatic carbocycles. The van der Waals surface area contributed by atoms with Gasteiger partial charge >= 0.3 is 0 Å². The highest BCUT2D eigenvalue weighted by Gasteiger charge is 1.94. The van der Waals surface area contributed by atoms with E-state index in [1.165, 1.54) is 0 Å². The van der Waals surface area contributed by atoms with Crippen molar-refractivity contribution >= 4 is 0 Å². The summed E-state index contributed by atoms with van der Waals surface area (Å²) in [4.78, 5) is 0. The molecule has 1 atom stereocenters. The molecule has 0 heterocycles. The molecule has 0 saturated heterocycles. The first-order valence-electron chi connectivity index (χ1n) is 3.02. The van der Waals surface area contributed by atoms with Crippen molar-refractivity contribution < 1.29 is 5.11 Å². The summed E-state index contributed by atoms with van der Waals surface area (Å²) < 4.78 is 0. The molecule has 0 aromatic heterocycles. The average Bonchev–Trinajstić information content (AvgIpc) is 1.93. The molecule has 0 aromatic rings. The molecule has 0 radical (unpaired) electrons. The molecule has 0 saturated carbocycles. The number of hydrogen-bond acceptors (Lipinski definition) is 4. The van der Waals surface area contributed by atoms with Crippen molar-refractivity contribution in [3.8, 4) is 0 Å². The highest BCUT2D eigenvalue weighted by atomic mass is 16.3. The fourth-order valence-electron chi connectivity index (χ4n) is 0.451. The summed E-state index contributed by atoms with van der Waals surface area (Å²) in [5.41, 5.74) is 5.11. The van der Waals surface area contributed by atoms with Gasteiger partial charge < -0.3 is 10.8 Å². The maximum atomic E-state index is 8.73. The predicted octanol–water partition coefficient (Wildman–Crippen LogP) is -1.08. The number of rotatable bonds is 3. The second-order valence-electron chi connectivity index (χ2n) is 1.68. The molecule has 0 aliphatic rings. The molecule has 0 bridgehead atoms. The van der Waals surface area contributed by atoms with E-state index in [9.17, 15) is 0 Å². The van der Waals surface area contributed by atoms with Gasteiger partial charge in [0.2, 0.25) is 0 Å². The molecule has 4 nitrogen and oxygen atoms in total. The van der Waals surface area contributed by atoms with Crippen LogP contribution in [-0.4, -0.2) is 17.8 Å². The number of hydrazine groups is 1. The zero-order valence-electron chi connectivity index (χ0n) is 5.88. The fraction of sp³-hybridized carbons (Fsp3) is 1.00. The second-order valence-corrected chi connectivity index (χ2v) is 1.68. The highest BCUT2D eigenvalue weighted by Crippen LogP contribution is 1.91. The van der Waals surface area contributed by atoms with Gasteiger partial charge in [-0.05, 0) is 6.42 Å². The lowest BCUT2D eigenvalue weighted by molar-refractivity contribution is 0.172. The molecule has 0 aliphatic heterocycles. The monoisotopic (exact) mass is 135 g/mol. The van der Waals surface area contributed by atoms with Gasteiger partial charge in [0.15, 0.2) is 0 Å². The summed E-state index contributed by atoms with van der Waals surface area (Å²) in [6, 6.07) is 0. The highest BCUT2D eigenvalue weighted by molar-refractivity contribution is 4.51. The Bertz CT molecular complexity index is 43.2. The molecule has 9 heavy (non-hydrogen) atoms. The second kappa shape index (κ2) is 10.8. The predicted molar refractivity (Wildman–Crippen MR) is 38.3 cm³/mol. The molecular formula is C5H17N3O. The largest absolute Gasteiger partial charge is 0.392 e. The summed E-state index contributed by atoms with van der Waals surface area (Å²) >= 11 is 0. The molecule has 4 heteroatoms. The molecule has 1 unspecified atom stereocenters. The third kappa shape index (κ3) is 11.4. The quantitative estimate of drug-likeness (QED) is 0.292. The summed E-state index contributed by atoms with van der Waals surface area (Å²) in [6.07, 6.45) is 1.57. The van der Waals surface area contributed by atoms with Gasteiger partial charge in [0.1, 0.15) is 0 Å². The van der Waals surface area contributed by atoms with Gasteiger partial charge in [0, 0.05) is 6.54 Å². The molecule has 0 aromatic carbocycles. The van der Waals surface area contributed by atoms with Crippen LogP contribution in [0.1, 0.15) is 19.8 Å². The van der Waals surface area contributed by atoms with Crippen molar-refractivity contribution in [3.63, 3.8) is 0 Å². The minimum atomic E-state index is -0.273. The Morgan fingerprint density at radius 2 is 1.89 bits per heavy atom. The molecule has 0 rings (SSSR count). The van der Waals surface area contributed by atoms with Crippen LogP contribution in [0.3, 0.4) is 0 Å². The van der Waals surface area contributed by atoms with E-state index in [1.807, 2.05) is 6.92 Å². The Labute approximate surface area is 56.0 Å². The average molecular weight is 135 g/mol. The zero-order chi connectivity index (χ0) is 7.70. The normalized spacial score (nSPS) is 11.7. The zero-order valence-corrected chi connectivity index (χ0v) is 5.88. The topological polar surface area (TPSA) is 98.3 Å². The van der Waals surface area contributed by atoms with Crippen LogP contribution < -0.4 is 17.4 Å². The van der Waals surface area contributed by atoms with Crippen molar-refractivity contribution in [1.82, 2.24) is 0 Å². The smallest absolute Gasteiger partial charge is 0.0662 e. The maximum Gasteiger partial charge on any atom is 0.0662 e. The van der Waals surface area contributed by atoms with E-state index in [1.54, 1.807) is 0 Å². The lowest BCUT2D eigenvalue weighted by atomic mass is 10.2. The SMILES string of the molecule is CCCC(O)CN.NN. The van der Waals surface area contributed by atoms with Crippen LogP contribution >= 0.6 is 0 Å². The van der Waals surface area contributed by atoms with Gasteiger partial charge in [-0.2, -0.15) is 0 Å². The summed E-state index contributed by atoms with van der Waals surface area (Å²) in [5.74, 6) is 8.00. The van der Waals surface area contributed by atoms with Crippen molar-refractivity contribution in [3.05, 3.63) is 0 Å². The third-order valence-corrected chi connectivity index (χ3v) is 0.894. The molecule has 7 N–H and O–H groups in total. The first-order valence-corrected chi connectivity index (χ1v) is 3.02. The summed E-state index contributed by atoms with van der Waals surface area (Å²) in [6.45, 7) is 2.42. The summed E-state index contributed by atoms with van der Waals surface area (Å²) in [7, 11) is 0. The van der Waals surface area contributed by atoms with Crippen molar-refractivity contribution in [2.45, 2.75) is 25.9 Å². The van der Waals surface area contributed by atoms with E-state index >= 15 is 0 Å². The standard InChI is InChI=1S/C5H13NO.H4N2/c1-2-3-5(7)4-6;1-2/h5,7H,2-4,6H2,1H3;1-2H2. The van der Waals surface area contributed by atoms with E-state index in [-0.39, 0.29) is 6.10 Å². The Balaban J connectivity index is 0. The molecule has 0 fully saturated rings. The van der Waals surface area contributed by atoms with E-state index in [2.05, 4.69) is 11.7 Å². The van der Waals surface area contributed by atoms with Gasteiger partial charge in [-0.15, -0.1) is 0 Å². The first kappa shape index (κ1) is 11.6. The van der Waals surface area contributed by atoms with Gasteiger partial charge in [-0.1, -0.05) is 13.3 Å². The Morgan fingerprint density at radius 1 is 1.44 bits per heavy atom. The van der Waals surface area contributed by atoms with Crippen molar-refractivity contribution in [1.29, 1.82) is 0 Å². The van der Waals surface area contributed by atoms with E-state index in [4.69, 9.17) is 10.8 Å². The lowest BCUT2D eigenvalue weighted by Gasteiger charge is -2.01. The summed E-state index contributed by atoms with van der Waals surface area (Å²) in [5, 5.41) is 8.73. The third-order valence-electron chi connectivity index (χ3n) is 0.894. The number of hydrogen-bond donors (Lipinski definition) is 4. The molecule has 0 amide bonds. The van der Waals surface area contributed by atoms with E-state index in [0.29, 0.717) is 6.54 Å². The minimum Gasteiger partial charge on any atom is -0.392 e. The van der Waals surface area contributed by atoms with Crippen LogP contribution in [-0.2, 0) is 0 Å². The fourth-order valence-corrected chi connectivity index (χ4v) is 0.451. The van der Waals surface area contributed by atoms with Crippen LogP contribution in [0.15, 0.2) is 0 Å². The van der Waals surface area contributed by atoms with Crippen LogP contribution in [0.5, 0.6) is 0 Å². The number of nitrogens with two attached hydrogens (primary N) is 3. The lowest BCUT2D eigenvalue weighted by Crippen LogP contribution is -2.18. The Kier molecular flexibility index (Phi) is 13.9. The van der Waals surface area contributed by atoms with Gasteiger partial charge in [0.05, 0.1) is 6.10 Å². The van der Waals surface area contributed by atoms with Crippen LogP contribution in [0.2, 0.25) is 0 Å². The van der Waals surface area contributed by atoms with Crippen molar-refractivity contribution in [2.75, 3.05) is 6.54 Å². The van der Waals surface area contributed by atoms with Crippen molar-refractivity contribution in [2.24, 2.45) is 17.4 Å². The van der Waals surface area contributed by atoms with Gasteiger partial charge in [-0.25, -0.2) is 0 Å². The van der Waals surface area contributed by atoms with E-state index in [0.717, 1.165) is 12.8 Å². The number of aliphatic hydroxyl groups is 1. The molecule has 58 valence electrons. The number of aliphatic hydroxyl groups excluding tert-OH is 1. The van der Waals surface area contributed by atoms with E-state index < -0.39 is 0 Å². The maximum absolute atomic E-state index is 8.73.